The predicted molar refractivity (Wildman–Crippen MR) is 153 cm³/mol. The molecule has 196 valence electrons. The fourth-order valence-corrected chi connectivity index (χ4v) is 4.86. The third-order valence-electron chi connectivity index (χ3n) is 6.37. The van der Waals surface area contributed by atoms with Crippen LogP contribution in [0.1, 0.15) is 42.5 Å². The normalized spacial score (nSPS) is 12.4. The Bertz CT molecular complexity index is 1130. The zero-order valence-electron chi connectivity index (χ0n) is 22.3. The Morgan fingerprint density at radius 1 is 0.946 bits per heavy atom. The molecule has 0 fully saturated rings. The van der Waals surface area contributed by atoms with Crippen LogP contribution in [0.5, 0.6) is 5.75 Å². The van der Waals surface area contributed by atoms with Crippen molar-refractivity contribution in [2.45, 2.75) is 58.0 Å². The van der Waals surface area contributed by atoms with E-state index in [2.05, 4.69) is 36.5 Å². The molecule has 0 radical (unpaired) electrons. The number of nitrogens with one attached hydrogen (secondary N) is 1. The van der Waals surface area contributed by atoms with Crippen LogP contribution in [0.4, 0.5) is 0 Å². The second-order valence-corrected chi connectivity index (χ2v) is 10.4. The molecular weight excluding hydrogens is 480 g/mol. The molecule has 6 heteroatoms. The lowest BCUT2D eigenvalue weighted by Gasteiger charge is -2.32. The number of nitrogens with zero attached hydrogens (tertiary/aromatic N) is 1. The van der Waals surface area contributed by atoms with Gasteiger partial charge in [-0.05, 0) is 49.1 Å². The fraction of sp³-hybridized carbons (Fsp3) is 0.355. The summed E-state index contributed by atoms with van der Waals surface area (Å²) in [5.74, 6) is 1.57. The maximum Gasteiger partial charge on any atom is 0.243 e. The van der Waals surface area contributed by atoms with Crippen molar-refractivity contribution in [1.82, 2.24) is 10.2 Å². The van der Waals surface area contributed by atoms with Crippen LogP contribution in [0.25, 0.3) is 0 Å². The first-order valence-corrected chi connectivity index (χ1v) is 13.9. The van der Waals surface area contributed by atoms with Crippen LogP contribution in [-0.2, 0) is 28.3 Å². The molecule has 0 aliphatic rings. The Morgan fingerprint density at radius 2 is 1.65 bits per heavy atom. The third kappa shape index (κ3) is 8.97. The van der Waals surface area contributed by atoms with Gasteiger partial charge in [0.2, 0.25) is 11.8 Å². The number of ether oxygens (including phenoxy) is 1. The number of thioether (sulfide) groups is 1. The van der Waals surface area contributed by atoms with E-state index in [1.54, 1.807) is 23.8 Å². The molecule has 0 saturated carbocycles. The molecule has 0 bridgehead atoms. The number of hydrogen-bond donors (Lipinski definition) is 1. The summed E-state index contributed by atoms with van der Waals surface area (Å²) in [6.45, 7) is 6.42. The van der Waals surface area contributed by atoms with Crippen molar-refractivity contribution in [2.75, 3.05) is 12.9 Å². The van der Waals surface area contributed by atoms with Crippen molar-refractivity contribution in [3.63, 3.8) is 0 Å². The molecule has 3 rings (SSSR count). The van der Waals surface area contributed by atoms with Gasteiger partial charge in [-0.1, -0.05) is 79.2 Å². The molecule has 3 aromatic carbocycles. The van der Waals surface area contributed by atoms with Crippen molar-refractivity contribution in [1.29, 1.82) is 0 Å². The number of amides is 2. The first kappa shape index (κ1) is 28.3. The van der Waals surface area contributed by atoms with Gasteiger partial charge in [0.05, 0.1) is 12.9 Å². The second kappa shape index (κ2) is 14.5. The highest BCUT2D eigenvalue weighted by molar-refractivity contribution is 7.99. The first-order chi connectivity index (χ1) is 17.9. The molecule has 0 aromatic heterocycles. The Morgan fingerprint density at radius 3 is 2.32 bits per heavy atom. The molecule has 1 N–H and O–H groups in total. The molecule has 0 heterocycles. The predicted octanol–water partition coefficient (Wildman–Crippen LogP) is 5.79. The van der Waals surface area contributed by atoms with Gasteiger partial charge in [-0.15, -0.1) is 11.8 Å². The summed E-state index contributed by atoms with van der Waals surface area (Å²) in [7, 11) is 1.63. The lowest BCUT2D eigenvalue weighted by molar-refractivity contribution is -0.139. The van der Waals surface area contributed by atoms with E-state index >= 15 is 0 Å². The molecule has 2 amide bonds. The number of carbonyl (C=O) groups is 2. The second-order valence-electron chi connectivity index (χ2n) is 9.37. The maximum absolute atomic E-state index is 13.7. The summed E-state index contributed by atoms with van der Waals surface area (Å²) in [6.07, 6.45) is 1.27. The zero-order chi connectivity index (χ0) is 26.6. The van der Waals surface area contributed by atoms with Gasteiger partial charge >= 0.3 is 0 Å². The molecule has 0 aliphatic heterocycles. The summed E-state index contributed by atoms with van der Waals surface area (Å²) in [5, 5.41) is 3.12. The number of hydrogen-bond acceptors (Lipinski definition) is 4. The fourth-order valence-electron chi connectivity index (χ4n) is 3.99. The van der Waals surface area contributed by atoms with Crippen LogP contribution >= 0.6 is 11.8 Å². The number of rotatable bonds is 13. The largest absolute Gasteiger partial charge is 0.497 e. The van der Waals surface area contributed by atoms with E-state index < -0.39 is 6.04 Å². The van der Waals surface area contributed by atoms with Crippen LogP contribution < -0.4 is 10.1 Å². The van der Waals surface area contributed by atoms with Gasteiger partial charge in [-0.3, -0.25) is 9.59 Å². The zero-order valence-corrected chi connectivity index (χ0v) is 23.1. The summed E-state index contributed by atoms with van der Waals surface area (Å²) >= 11 is 1.57. The van der Waals surface area contributed by atoms with Crippen LogP contribution in [-0.4, -0.2) is 41.7 Å². The lowest BCUT2D eigenvalue weighted by atomic mass is 10.0. The summed E-state index contributed by atoms with van der Waals surface area (Å²) < 4.78 is 5.40. The van der Waals surface area contributed by atoms with Gasteiger partial charge in [-0.2, -0.15) is 0 Å². The van der Waals surface area contributed by atoms with Crippen LogP contribution in [0.3, 0.4) is 0 Å². The average molecular weight is 519 g/mol. The smallest absolute Gasteiger partial charge is 0.243 e. The SMILES string of the molecule is CC[C@H](C)NC(=O)[C@@H](Cc1ccccc1)N(Cc1cccc(OC)c1)C(=O)CSCc1ccc(C)cc1. The van der Waals surface area contributed by atoms with Crippen LogP contribution in [0, 0.1) is 6.92 Å². The minimum absolute atomic E-state index is 0.0236. The van der Waals surface area contributed by atoms with Crippen molar-refractivity contribution >= 4 is 23.6 Å². The Balaban J connectivity index is 1.86. The van der Waals surface area contributed by atoms with Crippen molar-refractivity contribution in [3.8, 4) is 5.75 Å². The van der Waals surface area contributed by atoms with Crippen molar-refractivity contribution in [3.05, 3.63) is 101 Å². The lowest BCUT2D eigenvalue weighted by Crippen LogP contribution is -2.52. The molecule has 3 aromatic rings. The van der Waals surface area contributed by atoms with E-state index in [0.717, 1.165) is 29.1 Å². The number of carbonyl (C=O) groups excluding carboxylic acids is 2. The Kier molecular flexibility index (Phi) is 11.1. The van der Waals surface area contributed by atoms with E-state index in [4.69, 9.17) is 4.74 Å². The number of aryl methyl sites for hydroxylation is 1. The van der Waals surface area contributed by atoms with Gasteiger partial charge in [0.15, 0.2) is 0 Å². The van der Waals surface area contributed by atoms with Crippen LogP contribution in [0.2, 0.25) is 0 Å². The number of benzene rings is 3. The van der Waals surface area contributed by atoms with E-state index in [9.17, 15) is 9.59 Å². The van der Waals surface area contributed by atoms with Crippen molar-refractivity contribution < 1.29 is 14.3 Å². The van der Waals surface area contributed by atoms with Gasteiger partial charge in [0.25, 0.3) is 0 Å². The van der Waals surface area contributed by atoms with Crippen molar-refractivity contribution in [2.24, 2.45) is 0 Å². The minimum atomic E-state index is -0.630. The average Bonchev–Trinajstić information content (AvgIpc) is 2.92. The molecule has 0 aliphatic carbocycles. The summed E-state index contributed by atoms with van der Waals surface area (Å²) in [4.78, 5) is 29.0. The van der Waals surface area contributed by atoms with Crippen LogP contribution in [0.15, 0.2) is 78.9 Å². The quantitative estimate of drug-likeness (QED) is 0.311. The molecule has 0 spiro atoms. The molecular formula is C31H38N2O3S. The molecule has 37 heavy (non-hydrogen) atoms. The standard InChI is InChI=1S/C31H38N2O3S/c1-5-24(3)32-31(35)29(19-25-10-7-6-8-11-25)33(20-27-12-9-13-28(18-27)36-4)30(34)22-37-21-26-16-14-23(2)15-17-26/h6-18,24,29H,5,19-22H2,1-4H3,(H,32,35)/t24-,29+/m0/s1. The Labute approximate surface area is 225 Å². The maximum atomic E-state index is 13.7. The molecule has 0 saturated heterocycles. The highest BCUT2D eigenvalue weighted by Crippen LogP contribution is 2.21. The molecule has 2 atom stereocenters. The third-order valence-corrected chi connectivity index (χ3v) is 7.36. The van der Waals surface area contributed by atoms with Gasteiger partial charge in [0.1, 0.15) is 11.8 Å². The topological polar surface area (TPSA) is 58.6 Å². The van der Waals surface area contributed by atoms with E-state index in [-0.39, 0.29) is 17.9 Å². The molecule has 0 unspecified atom stereocenters. The monoisotopic (exact) mass is 518 g/mol. The summed E-state index contributed by atoms with van der Waals surface area (Å²) in [6, 6.07) is 25.3. The highest BCUT2D eigenvalue weighted by atomic mass is 32.2. The van der Waals surface area contributed by atoms with E-state index in [0.29, 0.717) is 18.7 Å². The first-order valence-electron chi connectivity index (χ1n) is 12.8. The van der Waals surface area contributed by atoms with E-state index in [1.807, 2.05) is 68.4 Å². The van der Waals surface area contributed by atoms with Gasteiger partial charge in [-0.25, -0.2) is 0 Å². The minimum Gasteiger partial charge on any atom is -0.497 e. The van der Waals surface area contributed by atoms with Gasteiger partial charge < -0.3 is 15.0 Å². The van der Waals surface area contributed by atoms with E-state index in [1.165, 1.54) is 11.1 Å². The molecule has 5 nitrogen and oxygen atoms in total. The van der Waals surface area contributed by atoms with Gasteiger partial charge in [0, 0.05) is 24.8 Å². The Hall–Kier alpha value is -3.25. The highest BCUT2D eigenvalue weighted by Gasteiger charge is 2.31. The summed E-state index contributed by atoms with van der Waals surface area (Å²) in [5.41, 5.74) is 4.33. The number of methoxy groups -OCH3 is 1.